The first-order chi connectivity index (χ1) is 8.11. The number of Topliss-reactive ketones (excluding diaryl/α,β-unsaturated/α-hetero) is 2. The molecule has 0 aliphatic heterocycles. The Kier molecular flexibility index (Phi) is 3.05. The average Bonchev–Trinajstić information content (AvgIpc) is 2.28. The Labute approximate surface area is 100 Å². The summed E-state index contributed by atoms with van der Waals surface area (Å²) in [6.07, 6.45) is 0. The van der Waals surface area contributed by atoms with Crippen molar-refractivity contribution in [3.63, 3.8) is 0 Å². The van der Waals surface area contributed by atoms with Crippen molar-refractivity contribution in [2.24, 2.45) is 0 Å². The number of carbonyl (C=O) groups excluding carboxylic acids is 2. The van der Waals surface area contributed by atoms with Crippen LogP contribution in [0.15, 0.2) is 42.5 Å². The maximum Gasteiger partial charge on any atom is 0.144 e. The van der Waals surface area contributed by atoms with E-state index in [9.17, 15) is 9.59 Å². The molecule has 2 heteroatoms. The third kappa shape index (κ3) is 2.11. The van der Waals surface area contributed by atoms with Crippen molar-refractivity contribution in [1.82, 2.24) is 0 Å². The molecule has 0 spiro atoms. The first-order valence-corrected chi connectivity index (χ1v) is 5.60. The van der Waals surface area contributed by atoms with Crippen molar-refractivity contribution < 1.29 is 9.59 Å². The molecule has 0 aliphatic carbocycles. The van der Waals surface area contributed by atoms with Crippen LogP contribution in [-0.2, 0) is 9.59 Å². The maximum atomic E-state index is 11.6. The Morgan fingerprint density at radius 3 is 2.12 bits per heavy atom. The standard InChI is InChI=1S/C15H14O2/c1-10(16)15(11(2)17)14-9-5-7-12-6-3-4-8-13(12)14/h3-9,15H,1-2H3. The molecule has 17 heavy (non-hydrogen) atoms. The number of hydrogen-bond acceptors (Lipinski definition) is 2. The molecule has 0 atom stereocenters. The molecule has 0 aliphatic rings. The Morgan fingerprint density at radius 1 is 0.882 bits per heavy atom. The summed E-state index contributed by atoms with van der Waals surface area (Å²) < 4.78 is 0. The van der Waals surface area contributed by atoms with Crippen LogP contribution in [-0.4, -0.2) is 11.6 Å². The summed E-state index contributed by atoms with van der Waals surface area (Å²) in [7, 11) is 0. The van der Waals surface area contributed by atoms with Gasteiger partial charge in [0.15, 0.2) is 0 Å². The lowest BCUT2D eigenvalue weighted by Crippen LogP contribution is -2.17. The summed E-state index contributed by atoms with van der Waals surface area (Å²) in [5, 5.41) is 2.03. The molecule has 2 rings (SSSR count). The SMILES string of the molecule is CC(=O)C(C(C)=O)c1cccc2ccccc12. The summed E-state index contributed by atoms with van der Waals surface area (Å²) in [5.41, 5.74) is 0.808. The van der Waals surface area contributed by atoms with Gasteiger partial charge in [0.25, 0.3) is 0 Å². The predicted octanol–water partition coefficient (Wildman–Crippen LogP) is 3.10. The fourth-order valence-electron chi connectivity index (χ4n) is 2.23. The Balaban J connectivity index is 2.69. The lowest BCUT2D eigenvalue weighted by molar-refractivity contribution is -0.126. The van der Waals surface area contributed by atoms with Crippen LogP contribution >= 0.6 is 0 Å². The predicted molar refractivity (Wildman–Crippen MR) is 68.1 cm³/mol. The van der Waals surface area contributed by atoms with Crippen LogP contribution in [0.1, 0.15) is 25.3 Å². The van der Waals surface area contributed by atoms with E-state index in [4.69, 9.17) is 0 Å². The molecule has 0 saturated heterocycles. The van der Waals surface area contributed by atoms with Gasteiger partial charge in [0.1, 0.15) is 17.5 Å². The molecular formula is C15H14O2. The lowest BCUT2D eigenvalue weighted by atomic mass is 9.88. The summed E-state index contributed by atoms with van der Waals surface area (Å²) in [6, 6.07) is 13.5. The van der Waals surface area contributed by atoms with Crippen molar-refractivity contribution in [2.75, 3.05) is 0 Å². The average molecular weight is 226 g/mol. The highest BCUT2D eigenvalue weighted by Gasteiger charge is 2.23. The zero-order chi connectivity index (χ0) is 12.4. The molecule has 0 bridgehead atoms. The van der Waals surface area contributed by atoms with Gasteiger partial charge in [-0.2, -0.15) is 0 Å². The highest BCUT2D eigenvalue weighted by molar-refractivity contribution is 6.08. The van der Waals surface area contributed by atoms with Gasteiger partial charge in [-0.15, -0.1) is 0 Å². The third-order valence-electron chi connectivity index (χ3n) is 2.95. The second kappa shape index (κ2) is 4.50. The minimum atomic E-state index is -0.638. The Hall–Kier alpha value is -1.96. The Bertz CT molecular complexity index is 565. The second-order valence-electron chi connectivity index (χ2n) is 4.22. The minimum absolute atomic E-state index is 0.103. The van der Waals surface area contributed by atoms with Crippen molar-refractivity contribution in [2.45, 2.75) is 19.8 Å². The molecule has 86 valence electrons. The van der Waals surface area contributed by atoms with Gasteiger partial charge < -0.3 is 0 Å². The zero-order valence-electron chi connectivity index (χ0n) is 9.94. The van der Waals surface area contributed by atoms with Gasteiger partial charge in [0.2, 0.25) is 0 Å². The lowest BCUT2D eigenvalue weighted by Gasteiger charge is -2.13. The van der Waals surface area contributed by atoms with Crippen LogP contribution in [0.4, 0.5) is 0 Å². The first-order valence-electron chi connectivity index (χ1n) is 5.60. The Morgan fingerprint density at radius 2 is 1.47 bits per heavy atom. The van der Waals surface area contributed by atoms with E-state index in [0.29, 0.717) is 0 Å². The van der Waals surface area contributed by atoms with Gasteiger partial charge in [-0.25, -0.2) is 0 Å². The maximum absolute atomic E-state index is 11.6. The molecule has 2 aromatic carbocycles. The highest BCUT2D eigenvalue weighted by Crippen LogP contribution is 2.26. The van der Waals surface area contributed by atoms with E-state index in [-0.39, 0.29) is 11.6 Å². The monoisotopic (exact) mass is 226 g/mol. The molecule has 0 unspecified atom stereocenters. The van der Waals surface area contributed by atoms with Gasteiger partial charge >= 0.3 is 0 Å². The van der Waals surface area contributed by atoms with Crippen molar-refractivity contribution in [1.29, 1.82) is 0 Å². The van der Waals surface area contributed by atoms with Crippen molar-refractivity contribution in [3.8, 4) is 0 Å². The van der Waals surface area contributed by atoms with Crippen LogP contribution in [0.2, 0.25) is 0 Å². The van der Waals surface area contributed by atoms with Crippen LogP contribution < -0.4 is 0 Å². The molecule has 0 radical (unpaired) electrons. The molecule has 2 nitrogen and oxygen atoms in total. The number of rotatable bonds is 3. The van der Waals surface area contributed by atoms with Gasteiger partial charge in [0, 0.05) is 0 Å². The molecule has 0 N–H and O–H groups in total. The first kappa shape index (κ1) is 11.5. The minimum Gasteiger partial charge on any atom is -0.299 e. The molecule has 2 aromatic rings. The number of carbonyl (C=O) groups is 2. The van der Waals surface area contributed by atoms with Crippen LogP contribution in [0, 0.1) is 0 Å². The van der Waals surface area contributed by atoms with E-state index < -0.39 is 5.92 Å². The summed E-state index contributed by atoms with van der Waals surface area (Å²) in [6.45, 7) is 2.93. The summed E-state index contributed by atoms with van der Waals surface area (Å²) in [5.74, 6) is -0.844. The fourth-order valence-corrected chi connectivity index (χ4v) is 2.23. The quantitative estimate of drug-likeness (QED) is 0.753. The molecule has 0 saturated carbocycles. The fraction of sp³-hybridized carbons (Fsp3) is 0.200. The van der Waals surface area contributed by atoms with E-state index in [1.807, 2.05) is 42.5 Å². The second-order valence-corrected chi connectivity index (χ2v) is 4.22. The van der Waals surface area contributed by atoms with Crippen molar-refractivity contribution >= 4 is 22.3 Å². The molecule has 0 amide bonds. The third-order valence-corrected chi connectivity index (χ3v) is 2.95. The number of benzene rings is 2. The number of hydrogen-bond donors (Lipinski definition) is 0. The van der Waals surface area contributed by atoms with Crippen LogP contribution in [0.25, 0.3) is 10.8 Å². The molecule has 0 aromatic heterocycles. The van der Waals surface area contributed by atoms with Crippen LogP contribution in [0.3, 0.4) is 0 Å². The summed E-state index contributed by atoms with van der Waals surface area (Å²) in [4.78, 5) is 23.2. The van der Waals surface area contributed by atoms with E-state index in [0.717, 1.165) is 16.3 Å². The van der Waals surface area contributed by atoms with Crippen LogP contribution in [0.5, 0.6) is 0 Å². The number of fused-ring (bicyclic) bond motifs is 1. The largest absolute Gasteiger partial charge is 0.299 e. The van der Waals surface area contributed by atoms with Gasteiger partial charge in [-0.1, -0.05) is 42.5 Å². The van der Waals surface area contributed by atoms with E-state index in [1.54, 1.807) is 0 Å². The van der Waals surface area contributed by atoms with E-state index in [1.165, 1.54) is 13.8 Å². The zero-order valence-corrected chi connectivity index (χ0v) is 9.94. The summed E-state index contributed by atoms with van der Waals surface area (Å²) >= 11 is 0. The highest BCUT2D eigenvalue weighted by atomic mass is 16.1. The smallest absolute Gasteiger partial charge is 0.144 e. The van der Waals surface area contributed by atoms with Gasteiger partial charge in [0.05, 0.1) is 0 Å². The van der Waals surface area contributed by atoms with E-state index >= 15 is 0 Å². The normalized spacial score (nSPS) is 10.8. The van der Waals surface area contributed by atoms with Crippen molar-refractivity contribution in [3.05, 3.63) is 48.0 Å². The molecule has 0 fully saturated rings. The number of ketones is 2. The molecular weight excluding hydrogens is 212 g/mol. The topological polar surface area (TPSA) is 34.1 Å². The van der Waals surface area contributed by atoms with E-state index in [2.05, 4.69) is 0 Å². The van der Waals surface area contributed by atoms with Gasteiger partial charge in [-0.05, 0) is 30.2 Å². The van der Waals surface area contributed by atoms with Gasteiger partial charge in [-0.3, -0.25) is 9.59 Å². The molecule has 0 heterocycles.